The first kappa shape index (κ1) is 12.6. The Bertz CT molecular complexity index is 774. The zero-order chi connectivity index (χ0) is 13.9. The van der Waals surface area contributed by atoms with Crippen LogP contribution in [0.1, 0.15) is 10.5 Å². The molecule has 0 unspecified atom stereocenters. The minimum Gasteiger partial charge on any atom is -0.321 e. The highest BCUT2D eigenvalue weighted by Crippen LogP contribution is 2.18. The fourth-order valence-corrected chi connectivity index (χ4v) is 2.05. The number of halogens is 1. The van der Waals surface area contributed by atoms with Gasteiger partial charge in [-0.25, -0.2) is 9.97 Å². The first-order valence-corrected chi connectivity index (χ1v) is 6.40. The number of benzene rings is 2. The van der Waals surface area contributed by atoms with E-state index in [1.807, 2.05) is 30.3 Å². The Kier molecular flexibility index (Phi) is 3.31. The van der Waals surface area contributed by atoms with E-state index in [2.05, 4.69) is 15.3 Å². The highest BCUT2D eigenvalue weighted by atomic mass is 35.5. The zero-order valence-electron chi connectivity index (χ0n) is 10.4. The number of rotatable bonds is 2. The smallest absolute Gasteiger partial charge is 0.277 e. The minimum absolute atomic E-state index is 0.0946. The van der Waals surface area contributed by atoms with Crippen LogP contribution in [-0.4, -0.2) is 15.9 Å². The minimum atomic E-state index is -0.376. The van der Waals surface area contributed by atoms with Crippen molar-refractivity contribution in [2.45, 2.75) is 0 Å². The molecule has 0 fully saturated rings. The third kappa shape index (κ3) is 2.46. The Labute approximate surface area is 120 Å². The molecule has 0 spiro atoms. The Morgan fingerprint density at radius 1 is 0.900 bits per heavy atom. The number of carbonyl (C=O) groups is 1. The number of amides is 1. The van der Waals surface area contributed by atoms with Gasteiger partial charge in [0.1, 0.15) is 0 Å². The summed E-state index contributed by atoms with van der Waals surface area (Å²) >= 11 is 6.03. The van der Waals surface area contributed by atoms with Crippen LogP contribution in [0.25, 0.3) is 11.0 Å². The average molecular weight is 284 g/mol. The molecule has 98 valence electrons. The topological polar surface area (TPSA) is 54.9 Å². The summed E-state index contributed by atoms with van der Waals surface area (Å²) < 4.78 is 0. The first-order chi connectivity index (χ1) is 9.74. The number of nitrogens with zero attached hydrogens (tertiary/aromatic N) is 2. The lowest BCUT2D eigenvalue weighted by molar-refractivity contribution is 0.102. The molecule has 4 nitrogen and oxygen atoms in total. The second kappa shape index (κ2) is 5.27. The molecule has 0 atom stereocenters. The van der Waals surface area contributed by atoms with Gasteiger partial charge in [-0.3, -0.25) is 4.79 Å². The van der Waals surface area contributed by atoms with Crippen molar-refractivity contribution in [1.82, 2.24) is 9.97 Å². The quantitative estimate of drug-likeness (QED) is 0.783. The number of nitrogens with one attached hydrogen (secondary N) is 1. The zero-order valence-corrected chi connectivity index (χ0v) is 11.1. The molecule has 0 aliphatic rings. The van der Waals surface area contributed by atoms with Gasteiger partial charge in [-0.2, -0.15) is 0 Å². The van der Waals surface area contributed by atoms with E-state index in [9.17, 15) is 4.79 Å². The Morgan fingerprint density at radius 2 is 1.50 bits per heavy atom. The van der Waals surface area contributed by atoms with Gasteiger partial charge in [0.25, 0.3) is 5.91 Å². The van der Waals surface area contributed by atoms with Gasteiger partial charge in [-0.1, -0.05) is 41.9 Å². The number of fused-ring (bicyclic) bond motifs is 1. The first-order valence-electron chi connectivity index (χ1n) is 6.03. The summed E-state index contributed by atoms with van der Waals surface area (Å²) in [5.41, 5.74) is 2.10. The fourth-order valence-electron chi connectivity index (χ4n) is 1.83. The van der Waals surface area contributed by atoms with Gasteiger partial charge in [-0.15, -0.1) is 0 Å². The number of anilines is 1. The number of hydrogen-bond acceptors (Lipinski definition) is 3. The van der Waals surface area contributed by atoms with Gasteiger partial charge in [0.05, 0.1) is 11.0 Å². The molecule has 0 aliphatic carbocycles. The van der Waals surface area contributed by atoms with Crippen LogP contribution in [0, 0.1) is 0 Å². The Balaban J connectivity index is 1.97. The van der Waals surface area contributed by atoms with E-state index in [1.165, 1.54) is 0 Å². The van der Waals surface area contributed by atoms with E-state index in [0.29, 0.717) is 16.7 Å². The summed E-state index contributed by atoms with van der Waals surface area (Å²) in [7, 11) is 0. The maximum Gasteiger partial charge on any atom is 0.277 e. The van der Waals surface area contributed by atoms with Crippen LogP contribution in [0.3, 0.4) is 0 Å². The SMILES string of the molecule is O=C(Nc1ccccc1)c1nc2ccccc2nc1Cl. The molecule has 0 saturated heterocycles. The number of hydrogen-bond donors (Lipinski definition) is 1. The summed E-state index contributed by atoms with van der Waals surface area (Å²) in [4.78, 5) is 20.6. The van der Waals surface area contributed by atoms with Gasteiger partial charge in [-0.05, 0) is 24.3 Å². The molecule has 1 N–H and O–H groups in total. The predicted octanol–water partition coefficient (Wildman–Crippen LogP) is 3.54. The largest absolute Gasteiger partial charge is 0.321 e. The molecule has 5 heteroatoms. The molecule has 20 heavy (non-hydrogen) atoms. The third-order valence-electron chi connectivity index (χ3n) is 2.77. The number of carbonyl (C=O) groups excluding carboxylic acids is 1. The summed E-state index contributed by atoms with van der Waals surface area (Å²) in [6.07, 6.45) is 0. The molecular weight excluding hydrogens is 274 g/mol. The van der Waals surface area contributed by atoms with Crippen molar-refractivity contribution in [3.63, 3.8) is 0 Å². The summed E-state index contributed by atoms with van der Waals surface area (Å²) in [6, 6.07) is 16.4. The fraction of sp³-hybridized carbons (Fsp3) is 0. The summed E-state index contributed by atoms with van der Waals surface area (Å²) in [5.74, 6) is -0.376. The van der Waals surface area contributed by atoms with Crippen LogP contribution in [0.2, 0.25) is 5.15 Å². The average Bonchev–Trinajstić information content (AvgIpc) is 2.47. The van der Waals surface area contributed by atoms with Crippen molar-refractivity contribution in [3.05, 3.63) is 65.4 Å². The number of aromatic nitrogens is 2. The molecular formula is C15H10ClN3O. The van der Waals surface area contributed by atoms with Gasteiger partial charge in [0, 0.05) is 5.69 Å². The molecule has 0 radical (unpaired) electrons. The van der Waals surface area contributed by atoms with E-state index >= 15 is 0 Å². The van der Waals surface area contributed by atoms with E-state index in [0.717, 1.165) is 0 Å². The van der Waals surface area contributed by atoms with Crippen LogP contribution in [0.5, 0.6) is 0 Å². The lowest BCUT2D eigenvalue weighted by Crippen LogP contribution is -2.15. The Morgan fingerprint density at radius 3 is 2.20 bits per heavy atom. The van der Waals surface area contributed by atoms with Crippen LogP contribution < -0.4 is 5.32 Å². The van der Waals surface area contributed by atoms with Crippen molar-refractivity contribution in [2.75, 3.05) is 5.32 Å². The van der Waals surface area contributed by atoms with E-state index < -0.39 is 0 Å². The van der Waals surface area contributed by atoms with Crippen molar-refractivity contribution in [2.24, 2.45) is 0 Å². The summed E-state index contributed by atoms with van der Waals surface area (Å²) in [6.45, 7) is 0. The van der Waals surface area contributed by atoms with Crippen molar-refractivity contribution in [3.8, 4) is 0 Å². The van der Waals surface area contributed by atoms with E-state index in [1.54, 1.807) is 24.3 Å². The molecule has 0 saturated carbocycles. The highest BCUT2D eigenvalue weighted by molar-refractivity contribution is 6.33. The normalized spacial score (nSPS) is 10.4. The molecule has 3 rings (SSSR count). The maximum atomic E-state index is 12.2. The lowest BCUT2D eigenvalue weighted by atomic mass is 10.3. The molecule has 1 amide bonds. The second-order valence-electron chi connectivity index (χ2n) is 4.17. The monoisotopic (exact) mass is 283 g/mol. The van der Waals surface area contributed by atoms with Crippen LogP contribution in [0.4, 0.5) is 5.69 Å². The maximum absolute atomic E-state index is 12.2. The van der Waals surface area contributed by atoms with Crippen molar-refractivity contribution in [1.29, 1.82) is 0 Å². The highest BCUT2D eigenvalue weighted by Gasteiger charge is 2.15. The molecule has 1 heterocycles. The molecule has 2 aromatic carbocycles. The molecule has 3 aromatic rings. The van der Waals surface area contributed by atoms with E-state index in [-0.39, 0.29) is 16.8 Å². The third-order valence-corrected chi connectivity index (χ3v) is 3.04. The molecule has 0 aliphatic heterocycles. The lowest BCUT2D eigenvalue weighted by Gasteiger charge is -2.06. The van der Waals surface area contributed by atoms with Gasteiger partial charge in [0.15, 0.2) is 10.8 Å². The molecule has 1 aromatic heterocycles. The number of para-hydroxylation sites is 3. The van der Waals surface area contributed by atoms with Crippen LogP contribution in [-0.2, 0) is 0 Å². The van der Waals surface area contributed by atoms with Gasteiger partial charge >= 0.3 is 0 Å². The van der Waals surface area contributed by atoms with Gasteiger partial charge < -0.3 is 5.32 Å². The van der Waals surface area contributed by atoms with Crippen LogP contribution in [0.15, 0.2) is 54.6 Å². The predicted molar refractivity (Wildman–Crippen MR) is 78.9 cm³/mol. The Hall–Kier alpha value is -2.46. The van der Waals surface area contributed by atoms with Gasteiger partial charge in [0.2, 0.25) is 0 Å². The second-order valence-corrected chi connectivity index (χ2v) is 4.53. The van der Waals surface area contributed by atoms with Crippen LogP contribution >= 0.6 is 11.6 Å². The standard InChI is InChI=1S/C15H10ClN3O/c16-14-13(15(20)17-10-6-2-1-3-7-10)18-11-8-4-5-9-12(11)19-14/h1-9H,(H,17,20). The van der Waals surface area contributed by atoms with E-state index in [4.69, 9.17) is 11.6 Å². The van der Waals surface area contributed by atoms with Crippen molar-refractivity contribution >= 4 is 34.2 Å². The molecule has 0 bridgehead atoms. The van der Waals surface area contributed by atoms with Crippen molar-refractivity contribution < 1.29 is 4.79 Å². The summed E-state index contributed by atoms with van der Waals surface area (Å²) in [5, 5.41) is 2.83.